The second-order valence-electron chi connectivity index (χ2n) is 3.77. The van der Waals surface area contributed by atoms with Crippen LogP contribution in [0.4, 0.5) is 0 Å². The standard InChI is InChI=1S/C13H16N2O2S/c1-8-11(7-14)18-13(15-8)12-9(16-2)5-4-6-10(12)17-3/h4-6H,7,14H2,1-3H3. The van der Waals surface area contributed by atoms with Crippen LogP contribution in [0.3, 0.4) is 0 Å². The van der Waals surface area contributed by atoms with Crippen LogP contribution >= 0.6 is 11.3 Å². The van der Waals surface area contributed by atoms with Crippen LogP contribution in [0, 0.1) is 6.92 Å². The van der Waals surface area contributed by atoms with Gasteiger partial charge in [0.25, 0.3) is 0 Å². The number of hydrogen-bond acceptors (Lipinski definition) is 5. The number of ether oxygens (including phenoxy) is 2. The minimum absolute atomic E-state index is 0.501. The van der Waals surface area contributed by atoms with Crippen molar-refractivity contribution in [3.8, 4) is 22.1 Å². The molecule has 96 valence electrons. The molecule has 0 amide bonds. The molecule has 0 saturated carbocycles. The SMILES string of the molecule is COc1cccc(OC)c1-c1nc(C)c(CN)s1. The van der Waals surface area contributed by atoms with E-state index < -0.39 is 0 Å². The van der Waals surface area contributed by atoms with Gasteiger partial charge in [-0.1, -0.05) is 6.07 Å². The molecule has 0 aliphatic rings. The Labute approximate surface area is 110 Å². The highest BCUT2D eigenvalue weighted by atomic mass is 32.1. The molecule has 0 saturated heterocycles. The van der Waals surface area contributed by atoms with Crippen molar-refractivity contribution >= 4 is 11.3 Å². The van der Waals surface area contributed by atoms with Gasteiger partial charge in [-0.15, -0.1) is 11.3 Å². The van der Waals surface area contributed by atoms with E-state index in [4.69, 9.17) is 15.2 Å². The van der Waals surface area contributed by atoms with E-state index in [0.29, 0.717) is 6.54 Å². The summed E-state index contributed by atoms with van der Waals surface area (Å²) in [6, 6.07) is 5.69. The van der Waals surface area contributed by atoms with Gasteiger partial charge >= 0.3 is 0 Å². The number of aromatic nitrogens is 1. The lowest BCUT2D eigenvalue weighted by molar-refractivity contribution is 0.397. The van der Waals surface area contributed by atoms with E-state index in [1.54, 1.807) is 25.6 Å². The summed E-state index contributed by atoms with van der Waals surface area (Å²) in [5.74, 6) is 1.51. The highest BCUT2D eigenvalue weighted by molar-refractivity contribution is 7.15. The molecule has 0 aliphatic heterocycles. The second-order valence-corrected chi connectivity index (χ2v) is 4.85. The van der Waals surface area contributed by atoms with Crippen LogP contribution in [0.2, 0.25) is 0 Å². The molecule has 2 rings (SSSR count). The minimum Gasteiger partial charge on any atom is -0.496 e. The molecule has 0 unspecified atom stereocenters. The van der Waals surface area contributed by atoms with Crippen LogP contribution < -0.4 is 15.2 Å². The van der Waals surface area contributed by atoms with Crippen LogP contribution in [0.1, 0.15) is 10.6 Å². The first-order valence-electron chi connectivity index (χ1n) is 5.59. The van der Waals surface area contributed by atoms with Crippen molar-refractivity contribution in [1.29, 1.82) is 0 Å². The zero-order valence-corrected chi connectivity index (χ0v) is 11.5. The van der Waals surface area contributed by atoms with E-state index in [0.717, 1.165) is 32.6 Å². The largest absolute Gasteiger partial charge is 0.496 e. The predicted molar refractivity (Wildman–Crippen MR) is 73.3 cm³/mol. The molecule has 1 heterocycles. The molecule has 1 aromatic carbocycles. The maximum atomic E-state index is 5.69. The lowest BCUT2D eigenvalue weighted by atomic mass is 10.2. The minimum atomic E-state index is 0.501. The molecule has 1 aromatic heterocycles. The number of nitrogens with zero attached hydrogens (tertiary/aromatic N) is 1. The number of nitrogens with two attached hydrogens (primary N) is 1. The highest BCUT2D eigenvalue weighted by Crippen LogP contribution is 2.40. The van der Waals surface area contributed by atoms with Crippen LogP contribution in [0.5, 0.6) is 11.5 Å². The number of thiazole rings is 1. The number of rotatable bonds is 4. The molecule has 18 heavy (non-hydrogen) atoms. The third-order valence-corrected chi connectivity index (χ3v) is 3.92. The van der Waals surface area contributed by atoms with Crippen molar-refractivity contribution in [2.24, 2.45) is 5.73 Å². The fourth-order valence-corrected chi connectivity index (χ4v) is 2.78. The van der Waals surface area contributed by atoms with Gasteiger partial charge in [0.15, 0.2) is 0 Å². The average molecular weight is 264 g/mol. The van der Waals surface area contributed by atoms with Crippen molar-refractivity contribution in [2.45, 2.75) is 13.5 Å². The topological polar surface area (TPSA) is 57.4 Å². The monoisotopic (exact) mass is 264 g/mol. The van der Waals surface area contributed by atoms with Crippen LogP contribution in [-0.2, 0) is 6.54 Å². The third kappa shape index (κ3) is 2.19. The third-order valence-electron chi connectivity index (χ3n) is 2.72. The Balaban J connectivity index is 2.60. The maximum absolute atomic E-state index is 5.69. The molecule has 0 aliphatic carbocycles. The van der Waals surface area contributed by atoms with Crippen LogP contribution in [-0.4, -0.2) is 19.2 Å². The Morgan fingerprint density at radius 1 is 1.22 bits per heavy atom. The molecular weight excluding hydrogens is 248 g/mol. The lowest BCUT2D eigenvalue weighted by Crippen LogP contribution is -1.94. The normalized spacial score (nSPS) is 10.4. The summed E-state index contributed by atoms with van der Waals surface area (Å²) in [5, 5.41) is 0.877. The Bertz CT molecular complexity index is 530. The van der Waals surface area contributed by atoms with Gasteiger partial charge in [-0.25, -0.2) is 4.98 Å². The van der Waals surface area contributed by atoms with Gasteiger partial charge in [-0.2, -0.15) is 0 Å². The number of hydrogen-bond donors (Lipinski definition) is 1. The Hall–Kier alpha value is -1.59. The van der Waals surface area contributed by atoms with Crippen molar-refractivity contribution in [3.05, 3.63) is 28.8 Å². The molecule has 2 aromatic rings. The van der Waals surface area contributed by atoms with Crippen LogP contribution in [0.25, 0.3) is 10.6 Å². The predicted octanol–water partition coefficient (Wildman–Crippen LogP) is 2.59. The van der Waals surface area contributed by atoms with Gasteiger partial charge < -0.3 is 15.2 Å². The molecular formula is C13H16N2O2S. The molecule has 0 radical (unpaired) electrons. The Morgan fingerprint density at radius 3 is 2.28 bits per heavy atom. The van der Waals surface area contributed by atoms with Crippen LogP contribution in [0.15, 0.2) is 18.2 Å². The maximum Gasteiger partial charge on any atom is 0.132 e. The summed E-state index contributed by atoms with van der Waals surface area (Å²) in [7, 11) is 3.28. The zero-order chi connectivity index (χ0) is 13.1. The van der Waals surface area contributed by atoms with Gasteiger partial charge in [0.2, 0.25) is 0 Å². The Kier molecular flexibility index (Phi) is 3.84. The first kappa shape index (κ1) is 12.9. The van der Waals surface area contributed by atoms with Crippen molar-refractivity contribution in [1.82, 2.24) is 4.98 Å². The van der Waals surface area contributed by atoms with E-state index in [1.165, 1.54) is 0 Å². The summed E-state index contributed by atoms with van der Waals surface area (Å²) in [6.07, 6.45) is 0. The molecule has 0 atom stereocenters. The fourth-order valence-electron chi connectivity index (χ4n) is 1.79. The average Bonchev–Trinajstić information content (AvgIpc) is 2.78. The quantitative estimate of drug-likeness (QED) is 0.922. The van der Waals surface area contributed by atoms with Gasteiger partial charge in [-0.05, 0) is 19.1 Å². The van der Waals surface area contributed by atoms with E-state index in [1.807, 2.05) is 25.1 Å². The van der Waals surface area contributed by atoms with Crippen molar-refractivity contribution in [3.63, 3.8) is 0 Å². The van der Waals surface area contributed by atoms with E-state index in [-0.39, 0.29) is 0 Å². The summed E-state index contributed by atoms with van der Waals surface area (Å²) < 4.78 is 10.8. The number of methoxy groups -OCH3 is 2. The number of aryl methyl sites for hydroxylation is 1. The summed E-state index contributed by atoms with van der Waals surface area (Å²) >= 11 is 1.58. The first-order chi connectivity index (χ1) is 8.71. The summed E-state index contributed by atoms with van der Waals surface area (Å²) in [4.78, 5) is 5.63. The summed E-state index contributed by atoms with van der Waals surface area (Å²) in [6.45, 7) is 2.46. The van der Waals surface area contributed by atoms with E-state index in [2.05, 4.69) is 4.98 Å². The molecule has 0 bridgehead atoms. The van der Waals surface area contributed by atoms with Gasteiger partial charge in [0.1, 0.15) is 16.5 Å². The highest BCUT2D eigenvalue weighted by Gasteiger charge is 2.17. The van der Waals surface area contributed by atoms with Gasteiger partial charge in [0, 0.05) is 11.4 Å². The lowest BCUT2D eigenvalue weighted by Gasteiger charge is -2.10. The zero-order valence-electron chi connectivity index (χ0n) is 10.7. The van der Waals surface area contributed by atoms with E-state index >= 15 is 0 Å². The number of benzene rings is 1. The van der Waals surface area contributed by atoms with Crippen molar-refractivity contribution in [2.75, 3.05) is 14.2 Å². The molecule has 5 heteroatoms. The smallest absolute Gasteiger partial charge is 0.132 e. The summed E-state index contributed by atoms with van der Waals surface area (Å²) in [5.41, 5.74) is 7.54. The Morgan fingerprint density at radius 2 is 1.83 bits per heavy atom. The molecule has 4 nitrogen and oxygen atoms in total. The molecule has 0 fully saturated rings. The molecule has 0 spiro atoms. The molecule has 2 N–H and O–H groups in total. The second kappa shape index (κ2) is 5.37. The van der Waals surface area contributed by atoms with Gasteiger partial charge in [-0.3, -0.25) is 0 Å². The van der Waals surface area contributed by atoms with Gasteiger partial charge in [0.05, 0.1) is 25.5 Å². The first-order valence-corrected chi connectivity index (χ1v) is 6.40. The fraction of sp³-hybridized carbons (Fsp3) is 0.308. The van der Waals surface area contributed by atoms with Crippen molar-refractivity contribution < 1.29 is 9.47 Å². The van der Waals surface area contributed by atoms with E-state index in [9.17, 15) is 0 Å².